The van der Waals surface area contributed by atoms with Crippen LogP contribution in [-0.2, 0) is 16.6 Å². The third-order valence-electron chi connectivity index (χ3n) is 5.62. The van der Waals surface area contributed by atoms with Gasteiger partial charge in [-0.3, -0.25) is 9.69 Å². The third kappa shape index (κ3) is 4.90. The van der Waals surface area contributed by atoms with E-state index in [1.807, 2.05) is 24.3 Å². The van der Waals surface area contributed by atoms with Crippen LogP contribution in [0.5, 0.6) is 5.75 Å². The number of piperidine rings is 1. The highest BCUT2D eigenvalue weighted by molar-refractivity contribution is 7.89. The molecule has 4 N–H and O–H groups in total. The Kier molecular flexibility index (Phi) is 5.99. The van der Waals surface area contributed by atoms with Crippen LogP contribution in [0.3, 0.4) is 0 Å². The monoisotopic (exact) mass is 442 g/mol. The second-order valence-corrected chi connectivity index (χ2v) is 9.41. The number of pyridine rings is 1. The van der Waals surface area contributed by atoms with Gasteiger partial charge < -0.3 is 15.0 Å². The number of nitrogens with one attached hydrogen (secondary N) is 2. The van der Waals surface area contributed by atoms with Gasteiger partial charge in [-0.2, -0.15) is 0 Å². The number of likely N-dealkylation sites (tertiary alicyclic amines) is 1. The van der Waals surface area contributed by atoms with Gasteiger partial charge in [0.1, 0.15) is 5.75 Å². The van der Waals surface area contributed by atoms with E-state index in [1.54, 1.807) is 25.4 Å². The lowest BCUT2D eigenvalue weighted by Crippen LogP contribution is -2.41. The van der Waals surface area contributed by atoms with Crippen molar-refractivity contribution in [2.24, 2.45) is 5.14 Å². The maximum Gasteiger partial charge on any atom is 0.255 e. The van der Waals surface area contributed by atoms with Crippen molar-refractivity contribution in [1.82, 2.24) is 9.88 Å². The molecule has 2 heterocycles. The number of aromatic nitrogens is 1. The summed E-state index contributed by atoms with van der Waals surface area (Å²) in [7, 11) is -2.20. The molecule has 3 aromatic rings. The maximum atomic E-state index is 11.9. The minimum atomic E-state index is -3.77. The lowest BCUT2D eigenvalue weighted by molar-refractivity contribution is 0.206. The molecular weight excluding hydrogens is 416 g/mol. The predicted molar refractivity (Wildman–Crippen MR) is 121 cm³/mol. The second-order valence-electron chi connectivity index (χ2n) is 7.85. The minimum absolute atomic E-state index is 0.0844. The number of ether oxygens (including phenoxy) is 1. The lowest BCUT2D eigenvalue weighted by atomic mass is 10.0. The molecule has 1 aromatic heterocycles. The quantitative estimate of drug-likeness (QED) is 0.539. The molecule has 0 unspecified atom stereocenters. The third-order valence-corrected chi connectivity index (χ3v) is 6.54. The largest absolute Gasteiger partial charge is 0.496 e. The fourth-order valence-electron chi connectivity index (χ4n) is 4.13. The summed E-state index contributed by atoms with van der Waals surface area (Å²) >= 11 is 0. The normalized spacial score (nSPS) is 17.5. The number of sulfonamides is 1. The van der Waals surface area contributed by atoms with Crippen LogP contribution in [0.25, 0.3) is 10.8 Å². The van der Waals surface area contributed by atoms with E-state index in [-0.39, 0.29) is 16.5 Å². The van der Waals surface area contributed by atoms with Gasteiger partial charge in [-0.15, -0.1) is 0 Å². The van der Waals surface area contributed by atoms with Gasteiger partial charge in [-0.25, -0.2) is 13.6 Å². The smallest absolute Gasteiger partial charge is 0.255 e. The van der Waals surface area contributed by atoms with Crippen LogP contribution < -0.4 is 20.8 Å². The molecule has 31 heavy (non-hydrogen) atoms. The number of rotatable bonds is 6. The van der Waals surface area contributed by atoms with Crippen LogP contribution in [0.15, 0.2) is 58.4 Å². The Bertz CT molecular complexity index is 1260. The topological polar surface area (TPSA) is 118 Å². The molecule has 0 saturated carbocycles. The summed E-state index contributed by atoms with van der Waals surface area (Å²) in [6.45, 7) is 2.28. The molecule has 1 atom stereocenters. The van der Waals surface area contributed by atoms with Crippen molar-refractivity contribution in [1.29, 1.82) is 0 Å². The standard InChI is InChI=1S/C22H26N4O4S/c1-30-21-7-5-19(31(23,28)29)12-16(21)13-26-10-2-3-18(14-26)25-17-4-6-20-15(11-17)8-9-24-22(20)27/h4-9,11-12,18,25H,2-3,10,13-14H2,1H3,(H,24,27)(H2,23,28,29)/t18-/m1/s1. The summed E-state index contributed by atoms with van der Waals surface area (Å²) < 4.78 is 28.9. The van der Waals surface area contributed by atoms with E-state index in [4.69, 9.17) is 9.88 Å². The molecule has 1 saturated heterocycles. The Morgan fingerprint density at radius 3 is 2.84 bits per heavy atom. The van der Waals surface area contributed by atoms with Gasteiger partial charge in [-0.05, 0) is 67.2 Å². The summed E-state index contributed by atoms with van der Waals surface area (Å²) in [5.74, 6) is 0.641. The van der Waals surface area contributed by atoms with Gasteiger partial charge in [0.2, 0.25) is 10.0 Å². The maximum absolute atomic E-state index is 11.9. The summed E-state index contributed by atoms with van der Waals surface area (Å²) in [6.07, 6.45) is 3.69. The molecule has 0 amide bonds. The molecule has 4 rings (SSSR count). The predicted octanol–water partition coefficient (Wildman–Crippen LogP) is 2.26. The number of nitrogens with zero attached hydrogens (tertiary/aromatic N) is 1. The van der Waals surface area contributed by atoms with Crippen LogP contribution in [0, 0.1) is 0 Å². The molecule has 8 nitrogen and oxygen atoms in total. The van der Waals surface area contributed by atoms with E-state index < -0.39 is 10.0 Å². The molecule has 0 spiro atoms. The van der Waals surface area contributed by atoms with Crippen LogP contribution in [0.4, 0.5) is 5.69 Å². The Balaban J connectivity index is 1.49. The number of H-pyrrole nitrogens is 1. The number of fused-ring (bicyclic) bond motifs is 1. The number of hydrogen-bond acceptors (Lipinski definition) is 6. The fraction of sp³-hybridized carbons (Fsp3) is 0.318. The van der Waals surface area contributed by atoms with Crippen molar-refractivity contribution >= 4 is 26.5 Å². The van der Waals surface area contributed by atoms with Crippen molar-refractivity contribution in [2.45, 2.75) is 30.3 Å². The first-order valence-electron chi connectivity index (χ1n) is 10.1. The number of nitrogens with two attached hydrogens (primary N) is 1. The van der Waals surface area contributed by atoms with Crippen LogP contribution in [0.1, 0.15) is 18.4 Å². The SMILES string of the molecule is COc1ccc(S(N)(=O)=O)cc1CN1CCC[C@@H](Nc2ccc3c(=O)[nH]ccc3c2)C1. The first-order chi connectivity index (χ1) is 14.8. The van der Waals surface area contributed by atoms with E-state index in [0.29, 0.717) is 17.7 Å². The van der Waals surface area contributed by atoms with E-state index in [2.05, 4.69) is 15.2 Å². The second kappa shape index (κ2) is 8.70. The zero-order valence-corrected chi connectivity index (χ0v) is 18.1. The molecule has 0 radical (unpaired) electrons. The van der Waals surface area contributed by atoms with Gasteiger partial charge in [0.05, 0.1) is 12.0 Å². The molecule has 9 heteroatoms. The summed E-state index contributed by atoms with van der Waals surface area (Å²) in [5.41, 5.74) is 1.67. The molecule has 0 bridgehead atoms. The zero-order chi connectivity index (χ0) is 22.0. The van der Waals surface area contributed by atoms with Crippen LogP contribution in [-0.4, -0.2) is 44.5 Å². The van der Waals surface area contributed by atoms with Crippen molar-refractivity contribution in [3.8, 4) is 5.75 Å². The molecule has 2 aromatic carbocycles. The van der Waals surface area contributed by atoms with E-state index >= 15 is 0 Å². The van der Waals surface area contributed by atoms with Gasteiger partial charge in [0.15, 0.2) is 0 Å². The number of anilines is 1. The summed E-state index contributed by atoms with van der Waals surface area (Å²) in [6, 6.07) is 12.6. The highest BCUT2D eigenvalue weighted by Crippen LogP contribution is 2.26. The molecule has 0 aliphatic carbocycles. The highest BCUT2D eigenvalue weighted by Gasteiger charge is 2.22. The van der Waals surface area contributed by atoms with E-state index in [9.17, 15) is 13.2 Å². The lowest BCUT2D eigenvalue weighted by Gasteiger charge is -2.34. The van der Waals surface area contributed by atoms with Crippen molar-refractivity contribution in [3.63, 3.8) is 0 Å². The van der Waals surface area contributed by atoms with Crippen molar-refractivity contribution in [3.05, 3.63) is 64.6 Å². The first kappa shape index (κ1) is 21.4. The fourth-order valence-corrected chi connectivity index (χ4v) is 4.70. The number of primary sulfonamides is 1. The molecule has 1 aliphatic rings. The first-order valence-corrected chi connectivity index (χ1v) is 11.7. The zero-order valence-electron chi connectivity index (χ0n) is 17.3. The average Bonchev–Trinajstić information content (AvgIpc) is 2.73. The van der Waals surface area contributed by atoms with Gasteiger partial charge in [0.25, 0.3) is 5.56 Å². The number of methoxy groups -OCH3 is 1. The van der Waals surface area contributed by atoms with Gasteiger partial charge >= 0.3 is 0 Å². The Labute approximate surface area is 181 Å². The Morgan fingerprint density at radius 1 is 1.23 bits per heavy atom. The molecule has 164 valence electrons. The molecule has 1 fully saturated rings. The van der Waals surface area contributed by atoms with Crippen LogP contribution >= 0.6 is 0 Å². The minimum Gasteiger partial charge on any atom is -0.496 e. The van der Waals surface area contributed by atoms with Gasteiger partial charge in [-0.1, -0.05) is 0 Å². The Hall–Kier alpha value is -2.88. The average molecular weight is 443 g/mol. The van der Waals surface area contributed by atoms with E-state index in [1.165, 1.54) is 6.07 Å². The number of hydrogen-bond donors (Lipinski definition) is 3. The summed E-state index contributed by atoms with van der Waals surface area (Å²) in [4.78, 5) is 16.9. The van der Waals surface area contributed by atoms with Crippen LogP contribution in [0.2, 0.25) is 0 Å². The van der Waals surface area contributed by atoms with Crippen molar-refractivity contribution in [2.75, 3.05) is 25.5 Å². The molecular formula is C22H26N4O4S. The summed E-state index contributed by atoms with van der Waals surface area (Å²) in [5, 5.41) is 10.4. The molecule has 1 aliphatic heterocycles. The number of aromatic amines is 1. The van der Waals surface area contributed by atoms with Crippen molar-refractivity contribution < 1.29 is 13.2 Å². The highest BCUT2D eigenvalue weighted by atomic mass is 32.2. The Morgan fingerprint density at radius 2 is 2.06 bits per heavy atom. The number of benzene rings is 2. The van der Waals surface area contributed by atoms with E-state index in [0.717, 1.165) is 42.6 Å². The van der Waals surface area contributed by atoms with Gasteiger partial charge in [0, 0.05) is 42.0 Å².